The highest BCUT2D eigenvalue weighted by atomic mass is 16.5. The van der Waals surface area contributed by atoms with Gasteiger partial charge in [0, 0.05) is 22.7 Å². The van der Waals surface area contributed by atoms with Crippen LogP contribution in [-0.4, -0.2) is 30.1 Å². The second kappa shape index (κ2) is 7.03. The number of hydrogen-bond donors (Lipinski definition) is 2. The zero-order valence-corrected chi connectivity index (χ0v) is 14.2. The minimum absolute atomic E-state index is 0.0375. The minimum Gasteiger partial charge on any atom is -0.502 e. The summed E-state index contributed by atoms with van der Waals surface area (Å²) in [5, 5.41) is 20.2. The summed E-state index contributed by atoms with van der Waals surface area (Å²) in [5.41, 5.74) is 1.71. The number of nitriles is 1. The Balaban J connectivity index is 2.06. The Hall–Kier alpha value is -3.72. The van der Waals surface area contributed by atoms with E-state index in [2.05, 4.69) is 4.98 Å². The van der Waals surface area contributed by atoms with Gasteiger partial charge in [0.1, 0.15) is 11.6 Å². The standard InChI is InChI=1S/C20H16N2O4/c1-25-17-8-12(9-18(26-2)20(17)24)7-13(10-21)19(23)15-11-22-16-6-4-3-5-14(15)16/h3-9,11,22,24H,1-2H3. The third kappa shape index (κ3) is 2.98. The van der Waals surface area contributed by atoms with Crippen LogP contribution in [0.15, 0.2) is 48.2 Å². The number of ether oxygens (including phenoxy) is 2. The molecule has 0 aliphatic rings. The molecule has 0 unspecified atom stereocenters. The summed E-state index contributed by atoms with van der Waals surface area (Å²) in [7, 11) is 2.81. The number of fused-ring (bicyclic) bond motifs is 1. The number of nitrogens with zero attached hydrogens (tertiary/aromatic N) is 1. The molecule has 6 nitrogen and oxygen atoms in total. The van der Waals surface area contributed by atoms with Crippen LogP contribution >= 0.6 is 0 Å². The van der Waals surface area contributed by atoms with E-state index in [0.29, 0.717) is 11.1 Å². The van der Waals surface area contributed by atoms with Gasteiger partial charge < -0.3 is 19.6 Å². The highest BCUT2D eigenvalue weighted by Crippen LogP contribution is 2.37. The maximum atomic E-state index is 12.8. The number of aromatic amines is 1. The maximum Gasteiger partial charge on any atom is 0.205 e. The first-order chi connectivity index (χ1) is 12.6. The van der Waals surface area contributed by atoms with E-state index in [9.17, 15) is 15.2 Å². The number of phenolic OH excluding ortho intramolecular Hbond substituents is 1. The number of rotatable bonds is 5. The van der Waals surface area contributed by atoms with Gasteiger partial charge in [0.2, 0.25) is 11.5 Å². The molecule has 3 rings (SSSR count). The van der Waals surface area contributed by atoms with Crippen molar-refractivity contribution in [1.82, 2.24) is 4.98 Å². The highest BCUT2D eigenvalue weighted by molar-refractivity contribution is 6.19. The van der Waals surface area contributed by atoms with Crippen LogP contribution in [0.3, 0.4) is 0 Å². The summed E-state index contributed by atoms with van der Waals surface area (Å²) in [5.74, 6) is -0.163. The number of allylic oxidation sites excluding steroid dienone is 1. The number of Topliss-reactive ketones (excluding diaryl/α,β-unsaturated/α-hetero) is 1. The Kier molecular flexibility index (Phi) is 4.63. The lowest BCUT2D eigenvalue weighted by Crippen LogP contribution is -2.01. The molecule has 0 aliphatic heterocycles. The predicted molar refractivity (Wildman–Crippen MR) is 97.4 cm³/mol. The fraction of sp³-hybridized carbons (Fsp3) is 0.100. The molecule has 6 heteroatoms. The number of carbonyl (C=O) groups excluding carboxylic acids is 1. The fourth-order valence-electron chi connectivity index (χ4n) is 2.72. The van der Waals surface area contributed by atoms with Gasteiger partial charge in [-0.1, -0.05) is 18.2 Å². The van der Waals surface area contributed by atoms with Crippen LogP contribution in [0.2, 0.25) is 0 Å². The van der Waals surface area contributed by atoms with Gasteiger partial charge in [0.25, 0.3) is 0 Å². The number of aromatic nitrogens is 1. The third-order valence-electron chi connectivity index (χ3n) is 4.01. The van der Waals surface area contributed by atoms with Gasteiger partial charge in [0.05, 0.1) is 14.2 Å². The summed E-state index contributed by atoms with van der Waals surface area (Å²) in [6, 6.07) is 12.4. The van der Waals surface area contributed by atoms with Crippen LogP contribution in [0.5, 0.6) is 17.2 Å². The Bertz CT molecular complexity index is 1030. The largest absolute Gasteiger partial charge is 0.502 e. The third-order valence-corrected chi connectivity index (χ3v) is 4.01. The molecular formula is C20H16N2O4. The Morgan fingerprint density at radius 3 is 2.46 bits per heavy atom. The summed E-state index contributed by atoms with van der Waals surface area (Å²) in [6.45, 7) is 0. The summed E-state index contributed by atoms with van der Waals surface area (Å²) >= 11 is 0. The molecule has 0 saturated carbocycles. The van der Waals surface area contributed by atoms with Crippen LogP contribution in [0.4, 0.5) is 0 Å². The molecular weight excluding hydrogens is 332 g/mol. The molecule has 0 saturated heterocycles. The number of phenols is 1. The zero-order valence-electron chi connectivity index (χ0n) is 14.2. The Morgan fingerprint density at radius 1 is 1.19 bits per heavy atom. The maximum absolute atomic E-state index is 12.8. The normalized spacial score (nSPS) is 11.2. The molecule has 1 heterocycles. The van der Waals surface area contributed by atoms with Crippen LogP contribution in [0, 0.1) is 11.3 Å². The molecule has 0 spiro atoms. The van der Waals surface area contributed by atoms with E-state index in [1.807, 2.05) is 30.3 Å². The molecule has 0 atom stereocenters. The van der Waals surface area contributed by atoms with Crippen LogP contribution in [0.25, 0.3) is 17.0 Å². The quantitative estimate of drug-likeness (QED) is 0.417. The van der Waals surface area contributed by atoms with E-state index >= 15 is 0 Å². The van der Waals surface area contributed by atoms with Crippen molar-refractivity contribution in [3.05, 3.63) is 59.3 Å². The SMILES string of the molecule is COc1cc(C=C(C#N)C(=O)c2c[nH]c3ccccc23)cc(OC)c1O. The van der Waals surface area contributed by atoms with Crippen molar-refractivity contribution in [3.63, 3.8) is 0 Å². The first-order valence-corrected chi connectivity index (χ1v) is 7.76. The number of nitrogens with one attached hydrogen (secondary N) is 1. The predicted octanol–water partition coefficient (Wildman–Crippen LogP) is 3.68. The Labute approximate surface area is 149 Å². The molecule has 130 valence electrons. The second-order valence-electron chi connectivity index (χ2n) is 5.52. The van der Waals surface area contributed by atoms with Crippen molar-refractivity contribution in [2.24, 2.45) is 0 Å². The number of H-pyrrole nitrogens is 1. The molecule has 0 radical (unpaired) electrons. The first kappa shape index (κ1) is 17.1. The van der Waals surface area contributed by atoms with Gasteiger partial charge in [-0.05, 0) is 29.8 Å². The summed E-state index contributed by atoms with van der Waals surface area (Å²) < 4.78 is 10.2. The first-order valence-electron chi connectivity index (χ1n) is 7.76. The lowest BCUT2D eigenvalue weighted by Gasteiger charge is -2.09. The zero-order chi connectivity index (χ0) is 18.7. The number of hydrogen-bond acceptors (Lipinski definition) is 5. The van der Waals surface area contributed by atoms with Crippen LogP contribution < -0.4 is 9.47 Å². The second-order valence-corrected chi connectivity index (χ2v) is 5.52. The molecule has 26 heavy (non-hydrogen) atoms. The fourth-order valence-corrected chi connectivity index (χ4v) is 2.72. The van der Waals surface area contributed by atoms with Crippen molar-refractivity contribution < 1.29 is 19.4 Å². The van der Waals surface area contributed by atoms with Gasteiger partial charge in [0.15, 0.2) is 11.5 Å². The number of benzene rings is 2. The van der Waals surface area contributed by atoms with Crippen molar-refractivity contribution in [2.75, 3.05) is 14.2 Å². The molecule has 0 bridgehead atoms. The number of para-hydroxylation sites is 1. The monoisotopic (exact) mass is 348 g/mol. The average molecular weight is 348 g/mol. The van der Waals surface area contributed by atoms with E-state index in [1.54, 1.807) is 6.20 Å². The molecule has 0 amide bonds. The van der Waals surface area contributed by atoms with E-state index in [-0.39, 0.29) is 22.8 Å². The van der Waals surface area contributed by atoms with Gasteiger partial charge in [-0.15, -0.1) is 0 Å². The lowest BCUT2D eigenvalue weighted by molar-refractivity contribution is 0.104. The van der Waals surface area contributed by atoms with Gasteiger partial charge in [-0.3, -0.25) is 4.79 Å². The lowest BCUT2D eigenvalue weighted by atomic mass is 10.0. The minimum atomic E-state index is -0.393. The van der Waals surface area contributed by atoms with Gasteiger partial charge in [-0.25, -0.2) is 0 Å². The van der Waals surface area contributed by atoms with Crippen molar-refractivity contribution in [3.8, 4) is 23.3 Å². The topological polar surface area (TPSA) is 95.3 Å². The number of methoxy groups -OCH3 is 2. The number of carbonyl (C=O) groups is 1. The Morgan fingerprint density at radius 2 is 1.85 bits per heavy atom. The summed E-state index contributed by atoms with van der Waals surface area (Å²) in [4.78, 5) is 15.8. The van der Waals surface area contributed by atoms with E-state index in [1.165, 1.54) is 32.4 Å². The van der Waals surface area contributed by atoms with Crippen molar-refractivity contribution in [1.29, 1.82) is 5.26 Å². The molecule has 3 aromatic rings. The van der Waals surface area contributed by atoms with E-state index < -0.39 is 5.78 Å². The molecule has 0 aliphatic carbocycles. The van der Waals surface area contributed by atoms with E-state index in [4.69, 9.17) is 9.47 Å². The highest BCUT2D eigenvalue weighted by Gasteiger charge is 2.17. The van der Waals surface area contributed by atoms with Crippen LogP contribution in [0.1, 0.15) is 15.9 Å². The molecule has 2 N–H and O–H groups in total. The average Bonchev–Trinajstić information content (AvgIpc) is 3.10. The molecule has 2 aromatic carbocycles. The van der Waals surface area contributed by atoms with Crippen molar-refractivity contribution in [2.45, 2.75) is 0 Å². The van der Waals surface area contributed by atoms with Crippen LogP contribution in [-0.2, 0) is 0 Å². The number of ketones is 1. The molecule has 0 fully saturated rings. The summed E-state index contributed by atoms with van der Waals surface area (Å²) in [6.07, 6.45) is 3.03. The molecule has 1 aromatic heterocycles. The van der Waals surface area contributed by atoms with Gasteiger partial charge >= 0.3 is 0 Å². The van der Waals surface area contributed by atoms with Gasteiger partial charge in [-0.2, -0.15) is 5.26 Å². The van der Waals surface area contributed by atoms with Crippen molar-refractivity contribution >= 4 is 22.8 Å². The van der Waals surface area contributed by atoms with E-state index in [0.717, 1.165) is 10.9 Å². The smallest absolute Gasteiger partial charge is 0.205 e. The number of aromatic hydroxyl groups is 1.